The van der Waals surface area contributed by atoms with E-state index in [1.165, 1.54) is 0 Å². The number of hydrogen-bond donors (Lipinski definition) is 0. The van der Waals surface area contributed by atoms with Crippen LogP contribution in [0.5, 0.6) is 0 Å². The molecule has 52 valence electrons. The SMILES string of the molecule is O=C(CBr)c1cc[nH+]cc1. The van der Waals surface area contributed by atoms with Gasteiger partial charge >= 0.3 is 0 Å². The fourth-order valence-corrected chi connectivity index (χ4v) is 0.974. The van der Waals surface area contributed by atoms with Crippen molar-refractivity contribution in [2.45, 2.75) is 0 Å². The molecule has 0 spiro atoms. The van der Waals surface area contributed by atoms with Crippen molar-refractivity contribution in [3.05, 3.63) is 30.1 Å². The number of hydrogen-bond acceptors (Lipinski definition) is 1. The molecule has 2 nitrogen and oxygen atoms in total. The highest BCUT2D eigenvalue weighted by molar-refractivity contribution is 9.09. The number of Topliss-reactive ketones (excluding diaryl/α,β-unsaturated/α-hetero) is 1. The summed E-state index contributed by atoms with van der Waals surface area (Å²) in [6.07, 6.45) is 3.46. The zero-order valence-electron chi connectivity index (χ0n) is 5.30. The summed E-state index contributed by atoms with van der Waals surface area (Å²) in [5.74, 6) is 0.106. The van der Waals surface area contributed by atoms with E-state index in [2.05, 4.69) is 20.9 Å². The fourth-order valence-electron chi connectivity index (χ4n) is 0.650. The molecule has 0 unspecified atom stereocenters. The Morgan fingerprint density at radius 2 is 2.10 bits per heavy atom. The Labute approximate surface area is 67.4 Å². The van der Waals surface area contributed by atoms with Crippen LogP contribution in [-0.4, -0.2) is 11.1 Å². The molecule has 3 heteroatoms. The number of ketones is 1. The van der Waals surface area contributed by atoms with Crippen LogP contribution >= 0.6 is 15.9 Å². The van der Waals surface area contributed by atoms with E-state index in [9.17, 15) is 4.79 Å². The van der Waals surface area contributed by atoms with E-state index in [-0.39, 0.29) is 5.78 Å². The summed E-state index contributed by atoms with van der Waals surface area (Å²) >= 11 is 3.09. The molecule has 10 heavy (non-hydrogen) atoms. The first-order chi connectivity index (χ1) is 4.84. The molecule has 0 radical (unpaired) electrons. The van der Waals surface area contributed by atoms with Crippen molar-refractivity contribution in [1.82, 2.24) is 0 Å². The summed E-state index contributed by atoms with van der Waals surface area (Å²) in [6.45, 7) is 0. The fraction of sp³-hybridized carbons (Fsp3) is 0.143. The van der Waals surface area contributed by atoms with Gasteiger partial charge in [0.2, 0.25) is 0 Å². The Hall–Kier alpha value is -0.700. The van der Waals surface area contributed by atoms with Crippen LogP contribution in [0.1, 0.15) is 10.4 Å². The number of aromatic amines is 1. The molecule has 1 N–H and O–H groups in total. The standard InChI is InChI=1S/C7H6BrNO/c8-5-7(10)6-1-3-9-4-2-6/h1-4H,5H2/p+1. The van der Waals surface area contributed by atoms with Crippen molar-refractivity contribution in [3.63, 3.8) is 0 Å². The molecule has 1 aromatic heterocycles. The van der Waals surface area contributed by atoms with Gasteiger partial charge in [0.15, 0.2) is 18.2 Å². The first-order valence-corrected chi connectivity index (χ1v) is 4.02. The van der Waals surface area contributed by atoms with Crippen molar-refractivity contribution in [3.8, 4) is 0 Å². The van der Waals surface area contributed by atoms with Gasteiger partial charge in [-0.2, -0.15) is 0 Å². The van der Waals surface area contributed by atoms with Crippen LogP contribution in [-0.2, 0) is 0 Å². The Bertz CT molecular complexity index is 222. The lowest BCUT2D eigenvalue weighted by atomic mass is 10.2. The monoisotopic (exact) mass is 200 g/mol. The number of carbonyl (C=O) groups excluding carboxylic acids is 1. The minimum Gasteiger partial charge on any atom is -0.293 e. The van der Waals surface area contributed by atoms with Crippen molar-refractivity contribution < 1.29 is 9.78 Å². The summed E-state index contributed by atoms with van der Waals surface area (Å²) < 4.78 is 0. The number of alkyl halides is 1. The van der Waals surface area contributed by atoms with Gasteiger partial charge in [0.1, 0.15) is 0 Å². The minimum absolute atomic E-state index is 0.106. The zero-order chi connectivity index (χ0) is 7.40. The zero-order valence-corrected chi connectivity index (χ0v) is 6.89. The molecule has 0 aliphatic heterocycles. The maximum Gasteiger partial charge on any atom is 0.173 e. The highest BCUT2D eigenvalue weighted by Gasteiger charge is 2.01. The molecule has 0 bridgehead atoms. The van der Waals surface area contributed by atoms with E-state index >= 15 is 0 Å². The maximum atomic E-state index is 11.0. The van der Waals surface area contributed by atoms with Crippen LogP contribution in [0.2, 0.25) is 0 Å². The van der Waals surface area contributed by atoms with Gasteiger partial charge in [0.05, 0.1) is 5.33 Å². The number of aromatic nitrogens is 1. The number of halogens is 1. The molecule has 0 aromatic carbocycles. The van der Waals surface area contributed by atoms with Crippen LogP contribution in [0.4, 0.5) is 0 Å². The smallest absolute Gasteiger partial charge is 0.173 e. The summed E-state index contributed by atoms with van der Waals surface area (Å²) in [5.41, 5.74) is 0.732. The van der Waals surface area contributed by atoms with Crippen LogP contribution in [0.15, 0.2) is 24.5 Å². The first kappa shape index (κ1) is 7.41. The van der Waals surface area contributed by atoms with E-state index in [0.29, 0.717) is 5.33 Å². The van der Waals surface area contributed by atoms with Crippen LogP contribution in [0, 0.1) is 0 Å². The van der Waals surface area contributed by atoms with Crippen molar-refractivity contribution in [2.24, 2.45) is 0 Å². The summed E-state index contributed by atoms with van der Waals surface area (Å²) in [4.78, 5) is 13.8. The third-order valence-electron chi connectivity index (χ3n) is 1.16. The quantitative estimate of drug-likeness (QED) is 0.520. The maximum absolute atomic E-state index is 11.0. The highest BCUT2D eigenvalue weighted by Crippen LogP contribution is 1.98. The van der Waals surface area contributed by atoms with Gasteiger partial charge in [0.25, 0.3) is 0 Å². The van der Waals surface area contributed by atoms with Gasteiger partial charge in [-0.25, -0.2) is 4.98 Å². The third-order valence-corrected chi connectivity index (χ3v) is 1.67. The van der Waals surface area contributed by atoms with E-state index in [0.717, 1.165) is 5.56 Å². The average Bonchev–Trinajstić information content (AvgIpc) is 2.05. The van der Waals surface area contributed by atoms with Crippen molar-refractivity contribution >= 4 is 21.7 Å². The largest absolute Gasteiger partial charge is 0.293 e. The summed E-state index contributed by atoms with van der Waals surface area (Å²) in [6, 6.07) is 3.51. The lowest BCUT2D eigenvalue weighted by molar-refractivity contribution is -0.378. The lowest BCUT2D eigenvalue weighted by Gasteiger charge is -1.89. The molecule has 1 aromatic rings. The van der Waals surface area contributed by atoms with Gasteiger partial charge in [0, 0.05) is 17.7 Å². The van der Waals surface area contributed by atoms with E-state index in [1.54, 1.807) is 24.5 Å². The molecule has 0 aliphatic carbocycles. The molecule has 0 aliphatic rings. The third kappa shape index (κ3) is 1.64. The predicted octanol–water partition coefficient (Wildman–Crippen LogP) is 1.08. The van der Waals surface area contributed by atoms with Crippen LogP contribution in [0.25, 0.3) is 0 Å². The van der Waals surface area contributed by atoms with E-state index in [1.807, 2.05) is 0 Å². The van der Waals surface area contributed by atoms with Gasteiger partial charge in [-0.1, -0.05) is 15.9 Å². The van der Waals surface area contributed by atoms with Crippen LogP contribution < -0.4 is 4.98 Å². The van der Waals surface area contributed by atoms with E-state index < -0.39 is 0 Å². The topological polar surface area (TPSA) is 31.2 Å². The lowest BCUT2D eigenvalue weighted by Crippen LogP contribution is -2.04. The first-order valence-electron chi connectivity index (χ1n) is 2.90. The number of pyridine rings is 1. The Kier molecular flexibility index (Phi) is 2.57. The number of H-pyrrole nitrogens is 1. The van der Waals surface area contributed by atoms with Crippen molar-refractivity contribution in [1.29, 1.82) is 0 Å². The summed E-state index contributed by atoms with van der Waals surface area (Å²) in [5, 5.41) is 0.386. The number of nitrogens with one attached hydrogen (secondary N) is 1. The Morgan fingerprint density at radius 3 is 2.60 bits per heavy atom. The molecule has 0 saturated carbocycles. The number of rotatable bonds is 2. The minimum atomic E-state index is 0.106. The summed E-state index contributed by atoms with van der Waals surface area (Å²) in [7, 11) is 0. The highest BCUT2D eigenvalue weighted by atomic mass is 79.9. The van der Waals surface area contributed by atoms with Crippen molar-refractivity contribution in [2.75, 3.05) is 5.33 Å². The molecule has 0 atom stereocenters. The van der Waals surface area contributed by atoms with Crippen LogP contribution in [0.3, 0.4) is 0 Å². The Balaban J connectivity index is 2.85. The molecule has 0 amide bonds. The van der Waals surface area contributed by atoms with Gasteiger partial charge in [-0.15, -0.1) is 0 Å². The Morgan fingerprint density at radius 1 is 1.50 bits per heavy atom. The second kappa shape index (κ2) is 3.46. The predicted molar refractivity (Wildman–Crippen MR) is 41.1 cm³/mol. The molecule has 0 fully saturated rings. The van der Waals surface area contributed by atoms with Gasteiger partial charge in [-0.05, 0) is 0 Å². The second-order valence-electron chi connectivity index (χ2n) is 1.85. The molecular formula is C7H7BrNO+. The average molecular weight is 201 g/mol. The molecule has 0 saturated heterocycles. The molecule has 1 rings (SSSR count). The second-order valence-corrected chi connectivity index (χ2v) is 2.41. The number of carbonyl (C=O) groups is 1. The van der Waals surface area contributed by atoms with Gasteiger partial charge in [-0.3, -0.25) is 4.79 Å². The van der Waals surface area contributed by atoms with E-state index in [4.69, 9.17) is 0 Å². The molecule has 1 heterocycles. The normalized spacial score (nSPS) is 9.30. The molecular weight excluding hydrogens is 194 g/mol. The van der Waals surface area contributed by atoms with Gasteiger partial charge < -0.3 is 0 Å².